The summed E-state index contributed by atoms with van der Waals surface area (Å²) in [5.74, 6) is 3.36. The van der Waals surface area contributed by atoms with Crippen LogP contribution >= 0.6 is 0 Å². The summed E-state index contributed by atoms with van der Waals surface area (Å²) in [5, 5.41) is 0. The zero-order chi connectivity index (χ0) is 20.4. The summed E-state index contributed by atoms with van der Waals surface area (Å²) >= 11 is 0. The van der Waals surface area contributed by atoms with Gasteiger partial charge in [0.25, 0.3) is 0 Å². The van der Waals surface area contributed by atoms with Crippen LogP contribution in [0, 0.1) is 11.5 Å². The van der Waals surface area contributed by atoms with E-state index in [4.69, 9.17) is 4.74 Å². The van der Waals surface area contributed by atoms with Gasteiger partial charge in [-0.1, -0.05) is 58.2 Å². The molecule has 0 unspecified atom stereocenters. The SMILES string of the molecule is CCCCCC[C@H](C#C[Si](C)(C)C)N(C(=O)OC(C)(C)C)[C@@H](C)CC=O. The normalized spacial score (nSPS) is 14.0. The zero-order valence-corrected chi connectivity index (χ0v) is 19.1. The van der Waals surface area contributed by atoms with E-state index in [-0.39, 0.29) is 18.2 Å². The number of nitrogens with zero attached hydrogens (tertiary/aromatic N) is 1. The second-order valence-electron chi connectivity index (χ2n) is 9.02. The van der Waals surface area contributed by atoms with Crippen molar-refractivity contribution in [1.29, 1.82) is 0 Å². The maximum absolute atomic E-state index is 12.9. The molecule has 150 valence electrons. The number of amides is 1. The van der Waals surface area contributed by atoms with E-state index in [1.54, 1.807) is 4.90 Å². The predicted octanol–water partition coefficient (Wildman–Crippen LogP) is 5.42. The summed E-state index contributed by atoms with van der Waals surface area (Å²) in [7, 11) is -1.56. The van der Waals surface area contributed by atoms with Gasteiger partial charge < -0.3 is 9.53 Å². The topological polar surface area (TPSA) is 46.6 Å². The Kier molecular flexibility index (Phi) is 10.9. The predicted molar refractivity (Wildman–Crippen MR) is 112 cm³/mol. The van der Waals surface area contributed by atoms with Crippen molar-refractivity contribution < 1.29 is 14.3 Å². The van der Waals surface area contributed by atoms with Gasteiger partial charge in [-0.2, -0.15) is 0 Å². The number of hydrogen-bond donors (Lipinski definition) is 0. The molecule has 0 rings (SSSR count). The van der Waals surface area contributed by atoms with Crippen molar-refractivity contribution in [3.63, 3.8) is 0 Å². The van der Waals surface area contributed by atoms with Crippen LogP contribution in [0.2, 0.25) is 19.6 Å². The summed E-state index contributed by atoms with van der Waals surface area (Å²) in [6, 6.07) is -0.433. The molecule has 0 aliphatic carbocycles. The molecule has 0 heterocycles. The van der Waals surface area contributed by atoms with Crippen LogP contribution < -0.4 is 0 Å². The minimum Gasteiger partial charge on any atom is -0.444 e. The van der Waals surface area contributed by atoms with Gasteiger partial charge in [-0.05, 0) is 34.1 Å². The Labute approximate surface area is 162 Å². The highest BCUT2D eigenvalue weighted by atomic mass is 28.3. The molecule has 26 heavy (non-hydrogen) atoms. The Balaban J connectivity index is 5.60. The van der Waals surface area contributed by atoms with Crippen LogP contribution in [0.15, 0.2) is 0 Å². The molecule has 0 aromatic carbocycles. The Morgan fingerprint density at radius 1 is 1.19 bits per heavy atom. The van der Waals surface area contributed by atoms with Gasteiger partial charge in [0.1, 0.15) is 20.0 Å². The molecule has 0 N–H and O–H groups in total. The molecule has 0 aromatic heterocycles. The Morgan fingerprint density at radius 2 is 1.81 bits per heavy atom. The average Bonchev–Trinajstić information content (AvgIpc) is 2.46. The number of carbonyl (C=O) groups excluding carboxylic acids is 2. The minimum absolute atomic E-state index is 0.205. The number of carbonyl (C=O) groups is 2. The van der Waals surface area contributed by atoms with Crippen LogP contribution in [0.1, 0.15) is 73.1 Å². The van der Waals surface area contributed by atoms with E-state index in [0.717, 1.165) is 25.5 Å². The fourth-order valence-electron chi connectivity index (χ4n) is 2.53. The van der Waals surface area contributed by atoms with Crippen molar-refractivity contribution in [3.8, 4) is 11.5 Å². The first-order valence-corrected chi connectivity index (χ1v) is 13.4. The van der Waals surface area contributed by atoms with E-state index in [1.165, 1.54) is 12.8 Å². The van der Waals surface area contributed by atoms with Crippen LogP contribution in [0.5, 0.6) is 0 Å². The van der Waals surface area contributed by atoms with Crippen LogP contribution in [-0.4, -0.2) is 43.0 Å². The summed E-state index contributed by atoms with van der Waals surface area (Å²) in [6.45, 7) is 16.2. The van der Waals surface area contributed by atoms with Crippen LogP contribution in [-0.2, 0) is 9.53 Å². The summed E-state index contributed by atoms with van der Waals surface area (Å²) in [4.78, 5) is 25.6. The molecule has 2 atom stereocenters. The molecule has 0 aromatic rings. The lowest BCUT2D eigenvalue weighted by molar-refractivity contribution is -0.108. The van der Waals surface area contributed by atoms with E-state index in [0.29, 0.717) is 6.42 Å². The fourth-order valence-corrected chi connectivity index (χ4v) is 3.13. The lowest BCUT2D eigenvalue weighted by Gasteiger charge is -2.35. The highest BCUT2D eigenvalue weighted by Crippen LogP contribution is 2.20. The van der Waals surface area contributed by atoms with E-state index in [1.807, 2.05) is 27.7 Å². The molecule has 0 bridgehead atoms. The molecule has 0 fully saturated rings. The zero-order valence-electron chi connectivity index (χ0n) is 18.1. The molecular formula is C21H39NO3Si. The average molecular weight is 382 g/mol. The smallest absolute Gasteiger partial charge is 0.411 e. The number of rotatable bonds is 9. The molecule has 0 saturated heterocycles. The third kappa shape index (κ3) is 11.4. The van der Waals surface area contributed by atoms with E-state index in [2.05, 4.69) is 38.0 Å². The Hall–Kier alpha value is -1.28. The van der Waals surface area contributed by atoms with Crippen molar-refractivity contribution in [3.05, 3.63) is 0 Å². The summed E-state index contributed by atoms with van der Waals surface area (Å²) in [5.41, 5.74) is 2.83. The van der Waals surface area contributed by atoms with Crippen LogP contribution in [0.4, 0.5) is 4.79 Å². The Morgan fingerprint density at radius 3 is 2.27 bits per heavy atom. The summed E-state index contributed by atoms with van der Waals surface area (Å²) in [6.07, 6.45) is 6.10. The van der Waals surface area contributed by atoms with Crippen LogP contribution in [0.3, 0.4) is 0 Å². The van der Waals surface area contributed by atoms with Gasteiger partial charge in [-0.25, -0.2) is 4.79 Å². The van der Waals surface area contributed by atoms with E-state index in [9.17, 15) is 9.59 Å². The maximum atomic E-state index is 12.9. The quantitative estimate of drug-likeness (QED) is 0.232. The molecule has 0 aliphatic heterocycles. The van der Waals surface area contributed by atoms with Gasteiger partial charge in [-0.3, -0.25) is 4.90 Å². The molecule has 0 saturated carbocycles. The summed E-state index contributed by atoms with van der Waals surface area (Å²) < 4.78 is 5.62. The number of aldehydes is 1. The van der Waals surface area contributed by atoms with Gasteiger partial charge >= 0.3 is 6.09 Å². The third-order valence-electron chi connectivity index (χ3n) is 3.80. The van der Waals surface area contributed by atoms with Crippen molar-refractivity contribution in [1.82, 2.24) is 4.90 Å². The molecule has 0 spiro atoms. The second-order valence-corrected chi connectivity index (χ2v) is 13.8. The largest absolute Gasteiger partial charge is 0.444 e. The fraction of sp³-hybridized carbons (Fsp3) is 0.810. The van der Waals surface area contributed by atoms with Crippen molar-refractivity contribution in [2.75, 3.05) is 0 Å². The van der Waals surface area contributed by atoms with E-state index < -0.39 is 13.7 Å². The van der Waals surface area contributed by atoms with E-state index >= 15 is 0 Å². The molecule has 4 nitrogen and oxygen atoms in total. The first kappa shape index (κ1) is 24.7. The van der Waals surface area contributed by atoms with Gasteiger partial charge in [0.05, 0.1) is 6.04 Å². The highest BCUT2D eigenvalue weighted by Gasteiger charge is 2.31. The number of unbranched alkanes of at least 4 members (excludes halogenated alkanes) is 3. The second kappa shape index (κ2) is 11.4. The third-order valence-corrected chi connectivity index (χ3v) is 4.69. The minimum atomic E-state index is -1.56. The first-order valence-electron chi connectivity index (χ1n) is 9.89. The molecule has 0 radical (unpaired) electrons. The number of ether oxygens (including phenoxy) is 1. The standard InChI is InChI=1S/C21H39NO3Si/c1-9-10-11-12-13-19(15-17-26(6,7)8)22(18(2)14-16-23)20(24)25-21(3,4)5/h16,18-19H,9-14H2,1-8H3/t18-,19+/m0/s1. The number of hydrogen-bond acceptors (Lipinski definition) is 3. The maximum Gasteiger partial charge on any atom is 0.411 e. The first-order chi connectivity index (χ1) is 11.9. The van der Waals surface area contributed by atoms with Gasteiger partial charge in [0, 0.05) is 12.5 Å². The molecule has 1 amide bonds. The Bertz CT molecular complexity index is 494. The molecule has 5 heteroatoms. The molecular weight excluding hydrogens is 342 g/mol. The van der Waals surface area contributed by atoms with Gasteiger partial charge in [-0.15, -0.1) is 5.54 Å². The van der Waals surface area contributed by atoms with Crippen molar-refractivity contribution in [2.24, 2.45) is 0 Å². The van der Waals surface area contributed by atoms with Gasteiger partial charge in [0.15, 0.2) is 0 Å². The highest BCUT2D eigenvalue weighted by molar-refractivity contribution is 6.83. The van der Waals surface area contributed by atoms with Crippen molar-refractivity contribution in [2.45, 2.75) is 110 Å². The van der Waals surface area contributed by atoms with Gasteiger partial charge in [0.2, 0.25) is 0 Å². The van der Waals surface area contributed by atoms with Crippen molar-refractivity contribution >= 4 is 20.5 Å². The van der Waals surface area contributed by atoms with Crippen LogP contribution in [0.25, 0.3) is 0 Å². The lowest BCUT2D eigenvalue weighted by Crippen LogP contribution is -2.48. The monoisotopic (exact) mass is 381 g/mol. The molecule has 0 aliphatic rings. The lowest BCUT2D eigenvalue weighted by atomic mass is 10.0.